The third-order valence-electron chi connectivity index (χ3n) is 4.24. The number of nitrogens with zero attached hydrogens (tertiary/aromatic N) is 2. The highest BCUT2D eigenvalue weighted by Crippen LogP contribution is 2.15. The molecule has 1 N–H and O–H groups in total. The average molecular weight is 359 g/mol. The molecule has 1 aromatic heterocycles. The van der Waals surface area contributed by atoms with Gasteiger partial charge in [-0.1, -0.05) is 48.5 Å². The van der Waals surface area contributed by atoms with Gasteiger partial charge in [-0.25, -0.2) is 0 Å². The highest BCUT2D eigenvalue weighted by atomic mass is 16.2. The topological polar surface area (TPSA) is 62.3 Å². The average Bonchev–Trinajstić information content (AvgIpc) is 2.74. The van der Waals surface area contributed by atoms with Crippen LogP contribution in [-0.4, -0.2) is 30.4 Å². The van der Waals surface area contributed by atoms with Crippen molar-refractivity contribution >= 4 is 17.5 Å². The molecule has 2 aromatic carbocycles. The lowest BCUT2D eigenvalue weighted by Crippen LogP contribution is -2.28. The molecule has 0 radical (unpaired) electrons. The fourth-order valence-corrected chi connectivity index (χ4v) is 2.71. The van der Waals surface area contributed by atoms with Gasteiger partial charge in [0.05, 0.1) is 11.1 Å². The summed E-state index contributed by atoms with van der Waals surface area (Å²) in [6.07, 6.45) is 3.69. The summed E-state index contributed by atoms with van der Waals surface area (Å²) in [6, 6.07) is 20.9. The first kappa shape index (κ1) is 18.3. The van der Waals surface area contributed by atoms with E-state index < -0.39 is 0 Å². The highest BCUT2D eigenvalue weighted by molar-refractivity contribution is 6.07. The zero-order valence-electron chi connectivity index (χ0n) is 15.1. The van der Waals surface area contributed by atoms with Crippen LogP contribution in [0.4, 0.5) is 5.69 Å². The molecule has 0 bridgehead atoms. The molecule has 0 fully saturated rings. The maximum Gasteiger partial charge on any atom is 0.259 e. The van der Waals surface area contributed by atoms with Crippen molar-refractivity contribution in [1.29, 1.82) is 0 Å². The van der Waals surface area contributed by atoms with Gasteiger partial charge in [-0.3, -0.25) is 14.6 Å². The first-order valence-electron chi connectivity index (χ1n) is 8.75. The number of pyridine rings is 1. The third-order valence-corrected chi connectivity index (χ3v) is 4.24. The largest absolute Gasteiger partial charge is 0.352 e. The number of para-hydroxylation sites is 1. The molecule has 0 spiro atoms. The van der Waals surface area contributed by atoms with E-state index in [-0.39, 0.29) is 11.8 Å². The minimum Gasteiger partial charge on any atom is -0.352 e. The van der Waals surface area contributed by atoms with E-state index in [0.29, 0.717) is 17.7 Å². The normalized spacial score (nSPS) is 10.3. The van der Waals surface area contributed by atoms with Gasteiger partial charge in [0.25, 0.3) is 11.8 Å². The Morgan fingerprint density at radius 2 is 1.56 bits per heavy atom. The number of aromatic nitrogens is 1. The van der Waals surface area contributed by atoms with Crippen LogP contribution < -0.4 is 10.2 Å². The number of benzene rings is 2. The predicted molar refractivity (Wildman–Crippen MR) is 106 cm³/mol. The minimum atomic E-state index is -0.240. The number of hydrogen-bond acceptors (Lipinski definition) is 3. The second-order valence-electron chi connectivity index (χ2n) is 6.15. The van der Waals surface area contributed by atoms with Gasteiger partial charge in [0, 0.05) is 31.7 Å². The molecule has 5 heteroatoms. The van der Waals surface area contributed by atoms with Gasteiger partial charge in [-0.15, -0.1) is 0 Å². The Hall–Kier alpha value is -3.47. The second kappa shape index (κ2) is 8.76. The van der Waals surface area contributed by atoms with Crippen LogP contribution in [0.25, 0.3) is 0 Å². The SMILES string of the molecule is CN(C(=O)c1cncc(C(=O)NCCc2ccccc2)c1)c1ccccc1. The minimum absolute atomic E-state index is 0.215. The molecule has 0 aliphatic carbocycles. The van der Waals surface area contributed by atoms with Crippen molar-refractivity contribution in [2.75, 3.05) is 18.5 Å². The number of carbonyl (C=O) groups is 2. The molecule has 136 valence electrons. The molecule has 3 aromatic rings. The monoisotopic (exact) mass is 359 g/mol. The van der Waals surface area contributed by atoms with Gasteiger partial charge in [-0.05, 0) is 30.2 Å². The van der Waals surface area contributed by atoms with Crippen LogP contribution in [0.2, 0.25) is 0 Å². The zero-order valence-corrected chi connectivity index (χ0v) is 15.1. The third kappa shape index (κ3) is 4.79. The quantitative estimate of drug-likeness (QED) is 0.734. The molecule has 2 amide bonds. The molecule has 0 saturated carbocycles. The Kier molecular flexibility index (Phi) is 5.94. The lowest BCUT2D eigenvalue weighted by atomic mass is 10.1. The fourth-order valence-electron chi connectivity index (χ4n) is 2.71. The van der Waals surface area contributed by atoms with E-state index in [2.05, 4.69) is 10.3 Å². The molecule has 0 aliphatic heterocycles. The summed E-state index contributed by atoms with van der Waals surface area (Å²) in [4.78, 5) is 30.6. The van der Waals surface area contributed by atoms with Crippen molar-refractivity contribution in [2.24, 2.45) is 0 Å². The van der Waals surface area contributed by atoms with Crippen LogP contribution in [0.3, 0.4) is 0 Å². The smallest absolute Gasteiger partial charge is 0.259 e. The highest BCUT2D eigenvalue weighted by Gasteiger charge is 2.16. The van der Waals surface area contributed by atoms with Gasteiger partial charge in [0.15, 0.2) is 0 Å². The van der Waals surface area contributed by atoms with Crippen molar-refractivity contribution in [1.82, 2.24) is 10.3 Å². The summed E-state index contributed by atoms with van der Waals surface area (Å²) in [7, 11) is 1.70. The van der Waals surface area contributed by atoms with Crippen molar-refractivity contribution in [3.8, 4) is 0 Å². The Labute approximate surface area is 158 Å². The predicted octanol–water partition coefficient (Wildman–Crippen LogP) is 3.33. The zero-order chi connectivity index (χ0) is 19.1. The van der Waals surface area contributed by atoms with Crippen LogP contribution in [-0.2, 0) is 6.42 Å². The molecule has 0 aliphatic rings. The van der Waals surface area contributed by atoms with Gasteiger partial charge in [-0.2, -0.15) is 0 Å². The molecule has 0 unspecified atom stereocenters. The molecule has 0 saturated heterocycles. The van der Waals surface area contributed by atoms with E-state index in [1.807, 2.05) is 60.7 Å². The van der Waals surface area contributed by atoms with Crippen LogP contribution in [0, 0.1) is 0 Å². The van der Waals surface area contributed by atoms with Crippen LogP contribution in [0.5, 0.6) is 0 Å². The lowest BCUT2D eigenvalue weighted by molar-refractivity contribution is 0.0953. The van der Waals surface area contributed by atoms with Crippen LogP contribution in [0.1, 0.15) is 26.3 Å². The van der Waals surface area contributed by atoms with Crippen molar-refractivity contribution in [2.45, 2.75) is 6.42 Å². The first-order valence-corrected chi connectivity index (χ1v) is 8.75. The van der Waals surface area contributed by atoms with Gasteiger partial charge in [0.2, 0.25) is 0 Å². The summed E-state index contributed by atoms with van der Waals surface area (Å²) < 4.78 is 0. The summed E-state index contributed by atoms with van der Waals surface area (Å²) in [5, 5.41) is 2.87. The van der Waals surface area contributed by atoms with E-state index in [9.17, 15) is 9.59 Å². The van der Waals surface area contributed by atoms with Crippen LogP contribution in [0.15, 0.2) is 79.1 Å². The Balaban J connectivity index is 1.64. The number of amides is 2. The Bertz CT molecular complexity index is 911. The second-order valence-corrected chi connectivity index (χ2v) is 6.15. The van der Waals surface area contributed by atoms with E-state index in [1.165, 1.54) is 17.3 Å². The number of hydrogen-bond donors (Lipinski definition) is 1. The molecule has 5 nitrogen and oxygen atoms in total. The number of nitrogens with one attached hydrogen (secondary N) is 1. The maximum absolute atomic E-state index is 12.7. The maximum atomic E-state index is 12.7. The molecular weight excluding hydrogens is 338 g/mol. The van der Waals surface area contributed by atoms with Gasteiger partial charge < -0.3 is 10.2 Å². The summed E-state index contributed by atoms with van der Waals surface area (Å²) >= 11 is 0. The molecule has 27 heavy (non-hydrogen) atoms. The van der Waals surface area contributed by atoms with Crippen molar-refractivity contribution < 1.29 is 9.59 Å². The van der Waals surface area contributed by atoms with E-state index >= 15 is 0 Å². The Morgan fingerprint density at radius 1 is 0.926 bits per heavy atom. The summed E-state index contributed by atoms with van der Waals surface area (Å²) in [6.45, 7) is 0.519. The lowest BCUT2D eigenvalue weighted by Gasteiger charge is -2.17. The first-order chi connectivity index (χ1) is 13.1. The summed E-state index contributed by atoms with van der Waals surface area (Å²) in [5.41, 5.74) is 2.68. The van der Waals surface area contributed by atoms with Crippen molar-refractivity contribution in [3.05, 3.63) is 95.8 Å². The Morgan fingerprint density at radius 3 is 2.26 bits per heavy atom. The number of rotatable bonds is 6. The van der Waals surface area contributed by atoms with Crippen molar-refractivity contribution in [3.63, 3.8) is 0 Å². The summed E-state index contributed by atoms with van der Waals surface area (Å²) in [5.74, 6) is -0.455. The van der Waals surface area contributed by atoms with Gasteiger partial charge in [0.1, 0.15) is 0 Å². The van der Waals surface area contributed by atoms with E-state index in [1.54, 1.807) is 13.1 Å². The molecule has 0 atom stereocenters. The standard InChI is InChI=1S/C22H21N3O2/c1-25(20-10-6-3-7-11-20)22(27)19-14-18(15-23-16-19)21(26)24-13-12-17-8-4-2-5-9-17/h2-11,14-16H,12-13H2,1H3,(H,24,26). The van der Waals surface area contributed by atoms with Gasteiger partial charge >= 0.3 is 0 Å². The molecular formula is C22H21N3O2. The molecule has 1 heterocycles. The number of carbonyl (C=O) groups excluding carboxylic acids is 2. The van der Waals surface area contributed by atoms with E-state index in [4.69, 9.17) is 0 Å². The van der Waals surface area contributed by atoms with Crippen LogP contribution >= 0.6 is 0 Å². The number of anilines is 1. The molecule has 3 rings (SSSR count). The van der Waals surface area contributed by atoms with E-state index in [0.717, 1.165) is 17.7 Å². The fraction of sp³-hybridized carbons (Fsp3) is 0.136.